The largest absolute Gasteiger partial charge is 0.393 e. The number of hydrogen-bond acceptors (Lipinski definition) is 6. The second-order valence-electron chi connectivity index (χ2n) is 13.7. The minimum Gasteiger partial charge on any atom is -0.393 e. The molecule has 6 nitrogen and oxygen atoms in total. The maximum absolute atomic E-state index is 14.4. The number of thiophene rings is 1. The van der Waals surface area contributed by atoms with Gasteiger partial charge in [0.05, 0.1) is 16.6 Å². The van der Waals surface area contributed by atoms with Crippen LogP contribution in [-0.2, 0) is 11.2 Å². The van der Waals surface area contributed by atoms with Gasteiger partial charge in [-0.05, 0) is 92.5 Å². The first-order chi connectivity index (χ1) is 21.1. The average molecular weight is 615 g/mol. The maximum atomic E-state index is 14.4. The summed E-state index contributed by atoms with van der Waals surface area (Å²) in [4.78, 5) is 31.3. The summed E-state index contributed by atoms with van der Waals surface area (Å²) in [5.74, 6) is 0.143. The molecule has 1 amide bonds. The third-order valence-electron chi connectivity index (χ3n) is 10.9. The first-order valence-electron chi connectivity index (χ1n) is 16.3. The number of ketones is 1. The molecule has 7 rings (SSSR count). The summed E-state index contributed by atoms with van der Waals surface area (Å²) < 4.78 is 1.10. The lowest BCUT2D eigenvalue weighted by Crippen LogP contribution is -2.57. The Labute approximate surface area is 265 Å². The molecule has 1 aliphatic heterocycles. The van der Waals surface area contributed by atoms with E-state index in [1.54, 1.807) is 6.92 Å². The van der Waals surface area contributed by atoms with Crippen LogP contribution in [0.5, 0.6) is 0 Å². The smallest absolute Gasteiger partial charge is 0.219 e. The van der Waals surface area contributed by atoms with Crippen molar-refractivity contribution in [2.24, 2.45) is 5.41 Å². The zero-order valence-corrected chi connectivity index (χ0v) is 27.2. The maximum Gasteiger partial charge on any atom is 0.219 e. The number of carbonyl (C=O) groups is 2. The first-order valence-corrected chi connectivity index (χ1v) is 17.1. The Bertz CT molecular complexity index is 1540. The van der Waals surface area contributed by atoms with Gasteiger partial charge in [0.2, 0.25) is 11.7 Å². The highest BCUT2D eigenvalue weighted by atomic mass is 32.1. The summed E-state index contributed by atoms with van der Waals surface area (Å²) in [6.45, 7) is 9.48. The number of carbonyl (C=O) groups excluding carboxylic acids is 2. The molecule has 3 aromatic rings. The molecule has 2 bridgehead atoms. The van der Waals surface area contributed by atoms with Crippen LogP contribution in [0.2, 0.25) is 0 Å². The lowest BCUT2D eigenvalue weighted by atomic mass is 9.64. The highest BCUT2D eigenvalue weighted by molar-refractivity contribution is 7.21. The van der Waals surface area contributed by atoms with Gasteiger partial charge in [-0.1, -0.05) is 48.9 Å². The van der Waals surface area contributed by atoms with Gasteiger partial charge < -0.3 is 15.1 Å². The SMILES string of the molecule is CC(=O)N1CCN(C[C@]2(O)CC[C@H]3c4ccc(cc4C(=O)c4cc5ccccc5s4)C[C@@H](O)CCC(C)=CCC[C@@]32C)CC1. The highest BCUT2D eigenvalue weighted by Crippen LogP contribution is 2.59. The van der Waals surface area contributed by atoms with Crippen molar-refractivity contribution in [1.82, 2.24) is 9.80 Å². The summed E-state index contributed by atoms with van der Waals surface area (Å²) in [6, 6.07) is 16.4. The fraction of sp³-hybridized carbons (Fsp3) is 0.514. The monoisotopic (exact) mass is 614 g/mol. The van der Waals surface area contributed by atoms with Gasteiger partial charge in [-0.3, -0.25) is 14.5 Å². The molecule has 4 atom stereocenters. The average Bonchev–Trinajstić information content (AvgIpc) is 3.54. The van der Waals surface area contributed by atoms with Crippen molar-refractivity contribution in [3.63, 3.8) is 0 Å². The van der Waals surface area contributed by atoms with Crippen LogP contribution in [0.25, 0.3) is 10.1 Å². The van der Waals surface area contributed by atoms with Crippen LogP contribution in [0.15, 0.2) is 60.2 Å². The number of piperazine rings is 1. The Kier molecular flexibility index (Phi) is 8.86. The highest BCUT2D eigenvalue weighted by Gasteiger charge is 2.57. The van der Waals surface area contributed by atoms with Crippen LogP contribution < -0.4 is 0 Å². The van der Waals surface area contributed by atoms with E-state index in [4.69, 9.17) is 0 Å². The molecule has 44 heavy (non-hydrogen) atoms. The van der Waals surface area contributed by atoms with E-state index in [1.807, 2.05) is 29.2 Å². The van der Waals surface area contributed by atoms with Crippen LogP contribution in [0.3, 0.4) is 0 Å². The van der Waals surface area contributed by atoms with Crippen molar-refractivity contribution in [3.05, 3.63) is 81.7 Å². The summed E-state index contributed by atoms with van der Waals surface area (Å²) >= 11 is 1.53. The van der Waals surface area contributed by atoms with Gasteiger partial charge in [-0.15, -0.1) is 11.3 Å². The zero-order chi connectivity index (χ0) is 31.1. The number of hydrogen-bond donors (Lipinski definition) is 2. The fourth-order valence-electron chi connectivity index (χ4n) is 8.01. The van der Waals surface area contributed by atoms with Crippen molar-refractivity contribution < 1.29 is 19.8 Å². The van der Waals surface area contributed by atoms with Crippen molar-refractivity contribution >= 4 is 33.1 Å². The molecule has 2 heterocycles. The predicted molar refractivity (Wildman–Crippen MR) is 177 cm³/mol. The van der Waals surface area contributed by atoms with Gasteiger partial charge in [-0.25, -0.2) is 0 Å². The molecule has 2 fully saturated rings. The Balaban J connectivity index is 1.40. The Morgan fingerprint density at radius 2 is 1.80 bits per heavy atom. The van der Waals surface area contributed by atoms with E-state index < -0.39 is 17.1 Å². The van der Waals surface area contributed by atoms with Crippen molar-refractivity contribution in [2.45, 2.75) is 83.3 Å². The number of nitrogens with zero attached hydrogens (tertiary/aromatic N) is 2. The zero-order valence-electron chi connectivity index (χ0n) is 26.3. The molecule has 0 unspecified atom stereocenters. The quantitative estimate of drug-likeness (QED) is 0.265. The minimum atomic E-state index is -0.929. The number of aliphatic hydroxyl groups is 2. The molecule has 3 aliphatic carbocycles. The minimum absolute atomic E-state index is 0.00922. The van der Waals surface area contributed by atoms with Crippen LogP contribution >= 0.6 is 11.3 Å². The Morgan fingerprint density at radius 1 is 1.02 bits per heavy atom. The van der Waals surface area contributed by atoms with Gasteiger partial charge in [0.1, 0.15) is 0 Å². The number of aliphatic hydroxyl groups excluding tert-OH is 1. The molecule has 1 saturated heterocycles. The molecule has 4 aliphatic rings. The molecular weight excluding hydrogens is 568 g/mol. The van der Waals surface area contributed by atoms with E-state index in [0.717, 1.165) is 64.9 Å². The van der Waals surface area contributed by atoms with E-state index in [2.05, 4.69) is 49.1 Å². The molecular formula is C37H46N2O4S. The molecule has 2 aromatic carbocycles. The van der Waals surface area contributed by atoms with Crippen molar-refractivity contribution in [3.8, 4) is 0 Å². The molecule has 1 saturated carbocycles. The number of fused-ring (bicyclic) bond motifs is 9. The van der Waals surface area contributed by atoms with Crippen LogP contribution in [0, 0.1) is 5.41 Å². The standard InChI is InChI=1S/C37H46N2O4S/c1-25-7-6-15-36(3)32(14-16-37(36,43)24-38-17-19-39(20-18-38)26(2)40)30-13-11-27(21-29(41)12-10-25)22-31(30)35(42)34-23-28-8-4-5-9-33(28)44-34/h4-5,7-9,11,13,22-23,29,32,41,43H,6,10,12,14-21,24H2,1-3H3/t29-,32-,36-,37+/m0/s1. The van der Waals surface area contributed by atoms with Gasteiger partial charge in [0.25, 0.3) is 0 Å². The van der Waals surface area contributed by atoms with Crippen molar-refractivity contribution in [2.75, 3.05) is 32.7 Å². The number of rotatable bonds is 4. The molecule has 1 aromatic heterocycles. The number of β-amino-alcohol motifs (C(OH)–C–C–N with tert-alkyl or cyclic N) is 1. The second kappa shape index (κ2) is 12.5. The summed E-state index contributed by atoms with van der Waals surface area (Å²) in [7, 11) is 0. The topological polar surface area (TPSA) is 81.1 Å². The van der Waals surface area contributed by atoms with Gasteiger partial charge in [0.15, 0.2) is 0 Å². The summed E-state index contributed by atoms with van der Waals surface area (Å²) in [5.41, 5.74) is 2.59. The third-order valence-corrected chi connectivity index (χ3v) is 12.0. The lowest BCUT2D eigenvalue weighted by molar-refractivity contribution is -0.132. The van der Waals surface area contributed by atoms with E-state index in [0.29, 0.717) is 44.5 Å². The summed E-state index contributed by atoms with van der Waals surface area (Å²) in [5, 5.41) is 24.6. The van der Waals surface area contributed by atoms with Crippen LogP contribution in [0.4, 0.5) is 0 Å². The fourth-order valence-corrected chi connectivity index (χ4v) is 9.03. The van der Waals surface area contributed by atoms with Crippen LogP contribution in [-0.4, -0.2) is 76.1 Å². The van der Waals surface area contributed by atoms with Gasteiger partial charge in [0, 0.05) is 55.3 Å². The molecule has 0 radical (unpaired) electrons. The van der Waals surface area contributed by atoms with Gasteiger partial charge in [-0.2, -0.15) is 0 Å². The lowest BCUT2D eigenvalue weighted by Gasteiger charge is -2.47. The van der Waals surface area contributed by atoms with Crippen molar-refractivity contribution in [1.29, 1.82) is 0 Å². The van der Waals surface area contributed by atoms with E-state index in [-0.39, 0.29) is 17.6 Å². The van der Waals surface area contributed by atoms with E-state index in [9.17, 15) is 19.8 Å². The molecule has 234 valence electrons. The summed E-state index contributed by atoms with van der Waals surface area (Å²) in [6.07, 6.45) is 6.96. The number of allylic oxidation sites excluding steroid dienone is 2. The predicted octanol–water partition coefficient (Wildman–Crippen LogP) is 6.33. The molecule has 2 N–H and O–H groups in total. The Morgan fingerprint density at radius 3 is 2.55 bits per heavy atom. The van der Waals surface area contributed by atoms with E-state index in [1.165, 1.54) is 16.9 Å². The molecule has 7 heteroatoms. The molecule has 0 spiro atoms. The Hall–Kier alpha value is -2.84. The number of amides is 1. The van der Waals surface area contributed by atoms with E-state index >= 15 is 0 Å². The van der Waals surface area contributed by atoms with Crippen LogP contribution in [0.1, 0.15) is 91.6 Å². The first kappa shape index (κ1) is 31.2. The normalized spacial score (nSPS) is 28.5. The second-order valence-corrected chi connectivity index (χ2v) is 14.8. The number of benzene rings is 2. The van der Waals surface area contributed by atoms with Gasteiger partial charge >= 0.3 is 0 Å². The third kappa shape index (κ3) is 6.04.